The van der Waals surface area contributed by atoms with Gasteiger partial charge in [-0.1, -0.05) is 17.3 Å². The zero-order valence-corrected chi connectivity index (χ0v) is 10.9. The highest BCUT2D eigenvalue weighted by Crippen LogP contribution is 2.24. The van der Waals surface area contributed by atoms with Crippen LogP contribution in [0.5, 0.6) is 11.5 Å². The standard InChI is InChI=1S/C15H14FNO3/c1-19-14-7-4-12(9-17-18)15(8-14)20-10-11-2-5-13(16)6-3-11/h2-9,18H,10H2,1H3/b17-9+. The topological polar surface area (TPSA) is 51.0 Å². The predicted octanol–water partition coefficient (Wildman–Crippen LogP) is 3.22. The molecule has 104 valence electrons. The highest BCUT2D eigenvalue weighted by Gasteiger charge is 2.05. The van der Waals surface area contributed by atoms with E-state index >= 15 is 0 Å². The van der Waals surface area contributed by atoms with Gasteiger partial charge in [-0.2, -0.15) is 0 Å². The number of hydrogen-bond acceptors (Lipinski definition) is 4. The minimum Gasteiger partial charge on any atom is -0.497 e. The van der Waals surface area contributed by atoms with Crippen LogP contribution in [0.15, 0.2) is 47.6 Å². The zero-order chi connectivity index (χ0) is 14.4. The third-order valence-corrected chi connectivity index (χ3v) is 2.73. The van der Waals surface area contributed by atoms with Gasteiger partial charge < -0.3 is 14.7 Å². The molecule has 0 saturated carbocycles. The van der Waals surface area contributed by atoms with Gasteiger partial charge in [0.05, 0.1) is 13.3 Å². The van der Waals surface area contributed by atoms with Gasteiger partial charge in [0.1, 0.15) is 23.9 Å². The minimum atomic E-state index is -0.289. The first-order chi connectivity index (χ1) is 9.72. The lowest BCUT2D eigenvalue weighted by Crippen LogP contribution is -1.99. The zero-order valence-electron chi connectivity index (χ0n) is 10.9. The van der Waals surface area contributed by atoms with Crippen LogP contribution < -0.4 is 9.47 Å². The smallest absolute Gasteiger partial charge is 0.132 e. The SMILES string of the molecule is COc1ccc(/C=N/O)c(OCc2ccc(F)cc2)c1. The molecule has 4 nitrogen and oxygen atoms in total. The van der Waals surface area contributed by atoms with Crippen molar-refractivity contribution in [3.05, 3.63) is 59.4 Å². The number of halogens is 1. The second kappa shape index (κ2) is 6.56. The number of hydrogen-bond donors (Lipinski definition) is 1. The fraction of sp³-hybridized carbons (Fsp3) is 0.133. The van der Waals surface area contributed by atoms with Crippen LogP contribution in [0.25, 0.3) is 0 Å². The van der Waals surface area contributed by atoms with Crippen LogP contribution in [0, 0.1) is 5.82 Å². The van der Waals surface area contributed by atoms with Gasteiger partial charge >= 0.3 is 0 Å². The molecule has 0 atom stereocenters. The Balaban J connectivity index is 2.16. The lowest BCUT2D eigenvalue weighted by molar-refractivity contribution is 0.301. The average Bonchev–Trinajstić information content (AvgIpc) is 2.48. The lowest BCUT2D eigenvalue weighted by atomic mass is 10.2. The van der Waals surface area contributed by atoms with Crippen molar-refractivity contribution in [1.82, 2.24) is 0 Å². The van der Waals surface area contributed by atoms with Crippen LogP contribution in [0.2, 0.25) is 0 Å². The number of nitrogens with zero attached hydrogens (tertiary/aromatic N) is 1. The maximum absolute atomic E-state index is 12.8. The lowest BCUT2D eigenvalue weighted by Gasteiger charge is -2.10. The van der Waals surface area contributed by atoms with E-state index in [1.165, 1.54) is 18.3 Å². The summed E-state index contributed by atoms with van der Waals surface area (Å²) in [6.45, 7) is 0.277. The van der Waals surface area contributed by atoms with E-state index in [-0.39, 0.29) is 12.4 Å². The van der Waals surface area contributed by atoms with Crippen molar-refractivity contribution >= 4 is 6.21 Å². The third kappa shape index (κ3) is 3.47. The predicted molar refractivity (Wildman–Crippen MR) is 73.1 cm³/mol. The molecule has 5 heteroatoms. The number of rotatable bonds is 5. The molecule has 0 heterocycles. The summed E-state index contributed by atoms with van der Waals surface area (Å²) in [5.41, 5.74) is 1.46. The van der Waals surface area contributed by atoms with Crippen molar-refractivity contribution in [2.24, 2.45) is 5.16 Å². The van der Waals surface area contributed by atoms with E-state index in [4.69, 9.17) is 14.7 Å². The van der Waals surface area contributed by atoms with Crippen LogP contribution in [0.1, 0.15) is 11.1 Å². The van der Waals surface area contributed by atoms with E-state index < -0.39 is 0 Å². The van der Waals surface area contributed by atoms with Crippen molar-refractivity contribution in [1.29, 1.82) is 0 Å². The summed E-state index contributed by atoms with van der Waals surface area (Å²) >= 11 is 0. The molecule has 2 aromatic carbocycles. The molecule has 0 radical (unpaired) electrons. The molecule has 0 unspecified atom stereocenters. The van der Waals surface area contributed by atoms with Crippen molar-refractivity contribution in [2.75, 3.05) is 7.11 Å². The number of benzene rings is 2. The normalized spacial score (nSPS) is 10.7. The van der Waals surface area contributed by atoms with Crippen LogP contribution in [0.4, 0.5) is 4.39 Å². The summed E-state index contributed by atoms with van der Waals surface area (Å²) < 4.78 is 23.6. The van der Waals surface area contributed by atoms with Gasteiger partial charge in [0, 0.05) is 11.6 Å². The largest absolute Gasteiger partial charge is 0.497 e. The Morgan fingerprint density at radius 3 is 2.60 bits per heavy atom. The Morgan fingerprint density at radius 2 is 1.95 bits per heavy atom. The minimum absolute atomic E-state index is 0.277. The van der Waals surface area contributed by atoms with Gasteiger partial charge in [0.2, 0.25) is 0 Å². The molecule has 0 aliphatic rings. The summed E-state index contributed by atoms with van der Waals surface area (Å²) in [7, 11) is 1.55. The van der Waals surface area contributed by atoms with E-state index in [1.54, 1.807) is 37.4 Å². The van der Waals surface area contributed by atoms with E-state index in [0.29, 0.717) is 17.1 Å². The van der Waals surface area contributed by atoms with Gasteiger partial charge in [-0.25, -0.2) is 4.39 Å². The second-order valence-corrected chi connectivity index (χ2v) is 4.06. The van der Waals surface area contributed by atoms with Gasteiger partial charge in [-0.3, -0.25) is 0 Å². The van der Waals surface area contributed by atoms with E-state index in [2.05, 4.69) is 5.16 Å². The molecule has 0 aliphatic carbocycles. The van der Waals surface area contributed by atoms with Crippen molar-refractivity contribution in [2.45, 2.75) is 6.61 Å². The Bertz CT molecular complexity index is 597. The van der Waals surface area contributed by atoms with Crippen molar-refractivity contribution in [3.63, 3.8) is 0 Å². The quantitative estimate of drug-likeness (QED) is 0.518. The van der Waals surface area contributed by atoms with Crippen LogP contribution in [-0.2, 0) is 6.61 Å². The van der Waals surface area contributed by atoms with Crippen LogP contribution in [0.3, 0.4) is 0 Å². The summed E-state index contributed by atoms with van der Waals surface area (Å²) in [5, 5.41) is 11.6. The first-order valence-electron chi connectivity index (χ1n) is 5.95. The molecular formula is C15H14FNO3. The Labute approximate surface area is 116 Å². The van der Waals surface area contributed by atoms with E-state index in [9.17, 15) is 4.39 Å². The van der Waals surface area contributed by atoms with Gasteiger partial charge in [-0.15, -0.1) is 0 Å². The highest BCUT2D eigenvalue weighted by atomic mass is 19.1. The van der Waals surface area contributed by atoms with Crippen molar-refractivity contribution < 1.29 is 19.1 Å². The van der Waals surface area contributed by atoms with Crippen LogP contribution >= 0.6 is 0 Å². The maximum Gasteiger partial charge on any atom is 0.132 e. The monoisotopic (exact) mass is 275 g/mol. The average molecular weight is 275 g/mol. The summed E-state index contributed by atoms with van der Waals surface area (Å²) in [5.74, 6) is 0.865. The summed E-state index contributed by atoms with van der Waals surface area (Å²) in [6, 6.07) is 11.2. The Kier molecular flexibility index (Phi) is 4.55. The number of ether oxygens (including phenoxy) is 2. The molecule has 0 aliphatic heterocycles. The fourth-order valence-electron chi connectivity index (χ4n) is 1.68. The van der Waals surface area contributed by atoms with E-state index in [1.807, 2.05) is 0 Å². The maximum atomic E-state index is 12.8. The Hall–Kier alpha value is -2.56. The van der Waals surface area contributed by atoms with Gasteiger partial charge in [-0.05, 0) is 29.8 Å². The first-order valence-corrected chi connectivity index (χ1v) is 5.95. The molecule has 0 amide bonds. The molecule has 0 aromatic heterocycles. The van der Waals surface area contributed by atoms with Gasteiger partial charge in [0.15, 0.2) is 0 Å². The molecule has 1 N–H and O–H groups in total. The summed E-state index contributed by atoms with van der Waals surface area (Å²) in [6.07, 6.45) is 1.28. The fourth-order valence-corrected chi connectivity index (χ4v) is 1.68. The number of oxime groups is 1. The second-order valence-electron chi connectivity index (χ2n) is 4.06. The molecular weight excluding hydrogens is 261 g/mol. The van der Waals surface area contributed by atoms with Gasteiger partial charge in [0.25, 0.3) is 0 Å². The Morgan fingerprint density at radius 1 is 1.20 bits per heavy atom. The molecule has 0 bridgehead atoms. The molecule has 2 rings (SSSR count). The molecule has 2 aromatic rings. The van der Waals surface area contributed by atoms with Crippen molar-refractivity contribution in [3.8, 4) is 11.5 Å². The molecule has 0 spiro atoms. The van der Waals surface area contributed by atoms with Crippen LogP contribution in [-0.4, -0.2) is 18.5 Å². The molecule has 0 saturated heterocycles. The highest BCUT2D eigenvalue weighted by molar-refractivity contribution is 5.83. The molecule has 20 heavy (non-hydrogen) atoms. The third-order valence-electron chi connectivity index (χ3n) is 2.73. The first kappa shape index (κ1) is 13.9. The summed E-state index contributed by atoms with van der Waals surface area (Å²) in [4.78, 5) is 0. The van der Waals surface area contributed by atoms with E-state index in [0.717, 1.165) is 5.56 Å². The number of methoxy groups -OCH3 is 1. The molecule has 0 fully saturated rings.